The van der Waals surface area contributed by atoms with Crippen molar-refractivity contribution in [3.8, 4) is 0 Å². The third-order valence-corrected chi connectivity index (χ3v) is 4.69. The van der Waals surface area contributed by atoms with Crippen molar-refractivity contribution in [3.63, 3.8) is 0 Å². The summed E-state index contributed by atoms with van der Waals surface area (Å²) >= 11 is 0. The Kier molecular flexibility index (Phi) is 4.83. The molecule has 0 radical (unpaired) electrons. The summed E-state index contributed by atoms with van der Waals surface area (Å²) in [7, 11) is 0. The molecule has 6 heteroatoms. The standard InChI is InChI=1S/C18H23N3O3/c1-13(15-5-3-2-4-6-15)21(11-14-7-8-14)17(23)12-20-10-9-16(22)19-18(20)24/h2-6,13-14H,7-12H2,1H3,(H,19,22,24). The van der Waals surface area contributed by atoms with Crippen LogP contribution in [-0.2, 0) is 9.59 Å². The van der Waals surface area contributed by atoms with E-state index in [1.165, 1.54) is 4.90 Å². The van der Waals surface area contributed by atoms with E-state index in [2.05, 4.69) is 5.32 Å². The summed E-state index contributed by atoms with van der Waals surface area (Å²) in [6.07, 6.45) is 2.56. The molecule has 0 aromatic heterocycles. The van der Waals surface area contributed by atoms with Crippen molar-refractivity contribution in [2.24, 2.45) is 5.92 Å². The van der Waals surface area contributed by atoms with Gasteiger partial charge in [0.2, 0.25) is 11.8 Å². The maximum absolute atomic E-state index is 12.8. The van der Waals surface area contributed by atoms with Crippen molar-refractivity contribution in [3.05, 3.63) is 35.9 Å². The Morgan fingerprint density at radius 3 is 2.62 bits per heavy atom. The van der Waals surface area contributed by atoms with Crippen LogP contribution in [0.25, 0.3) is 0 Å². The molecule has 1 saturated carbocycles. The van der Waals surface area contributed by atoms with E-state index in [0.29, 0.717) is 12.5 Å². The smallest absolute Gasteiger partial charge is 0.324 e. The summed E-state index contributed by atoms with van der Waals surface area (Å²) in [4.78, 5) is 39.2. The van der Waals surface area contributed by atoms with Crippen LogP contribution >= 0.6 is 0 Å². The fraction of sp³-hybridized carbons (Fsp3) is 0.500. The maximum atomic E-state index is 12.8. The Hall–Kier alpha value is -2.37. The van der Waals surface area contributed by atoms with Gasteiger partial charge in [-0.2, -0.15) is 0 Å². The SMILES string of the molecule is CC(c1ccccc1)N(CC1CC1)C(=O)CN1CCC(=O)NC1=O. The molecular weight excluding hydrogens is 306 g/mol. The van der Waals surface area contributed by atoms with E-state index in [9.17, 15) is 14.4 Å². The zero-order valence-corrected chi connectivity index (χ0v) is 13.9. The first-order chi connectivity index (χ1) is 11.5. The molecule has 24 heavy (non-hydrogen) atoms. The summed E-state index contributed by atoms with van der Waals surface area (Å²) in [5, 5.41) is 2.27. The maximum Gasteiger partial charge on any atom is 0.324 e. The number of urea groups is 1. The predicted octanol–water partition coefficient (Wildman–Crippen LogP) is 1.93. The van der Waals surface area contributed by atoms with E-state index >= 15 is 0 Å². The zero-order chi connectivity index (χ0) is 17.1. The van der Waals surface area contributed by atoms with Crippen LogP contribution in [-0.4, -0.2) is 47.3 Å². The van der Waals surface area contributed by atoms with Gasteiger partial charge in [0.1, 0.15) is 6.54 Å². The Balaban J connectivity index is 1.69. The molecule has 1 N–H and O–H groups in total. The molecule has 4 amide bonds. The first-order valence-corrected chi connectivity index (χ1v) is 8.48. The van der Waals surface area contributed by atoms with Gasteiger partial charge in [0, 0.05) is 19.5 Å². The minimum Gasteiger partial charge on any atom is -0.334 e. The molecule has 1 aliphatic heterocycles. The number of nitrogens with one attached hydrogen (secondary N) is 1. The minimum atomic E-state index is -0.474. The zero-order valence-electron chi connectivity index (χ0n) is 13.9. The number of carbonyl (C=O) groups excluding carboxylic acids is 3. The second-order valence-electron chi connectivity index (χ2n) is 6.60. The van der Waals surface area contributed by atoms with Crippen LogP contribution in [0.15, 0.2) is 30.3 Å². The van der Waals surface area contributed by atoms with Crippen molar-refractivity contribution >= 4 is 17.8 Å². The third kappa shape index (κ3) is 3.93. The van der Waals surface area contributed by atoms with E-state index < -0.39 is 6.03 Å². The number of carbonyl (C=O) groups is 3. The average Bonchev–Trinajstić information content (AvgIpc) is 3.39. The van der Waals surface area contributed by atoms with Crippen molar-refractivity contribution in [1.29, 1.82) is 0 Å². The van der Waals surface area contributed by atoms with Gasteiger partial charge in [0.15, 0.2) is 0 Å². The van der Waals surface area contributed by atoms with Crippen LogP contribution in [0, 0.1) is 5.92 Å². The average molecular weight is 329 g/mol. The van der Waals surface area contributed by atoms with Gasteiger partial charge in [0.05, 0.1) is 6.04 Å². The minimum absolute atomic E-state index is 0.0169. The predicted molar refractivity (Wildman–Crippen MR) is 89.0 cm³/mol. The number of hydrogen-bond acceptors (Lipinski definition) is 3. The van der Waals surface area contributed by atoms with Crippen LogP contribution in [0.4, 0.5) is 4.79 Å². The molecule has 1 unspecified atom stereocenters. The normalized spacial score (nSPS) is 19.0. The lowest BCUT2D eigenvalue weighted by molar-refractivity contribution is -0.135. The molecule has 0 bridgehead atoms. The second kappa shape index (κ2) is 7.03. The van der Waals surface area contributed by atoms with Crippen molar-refractivity contribution in [1.82, 2.24) is 15.1 Å². The molecule has 1 heterocycles. The number of hydrogen-bond donors (Lipinski definition) is 1. The quantitative estimate of drug-likeness (QED) is 0.867. The molecule has 1 saturated heterocycles. The summed E-state index contributed by atoms with van der Waals surface area (Å²) in [5.74, 6) is 0.218. The number of nitrogens with zero attached hydrogens (tertiary/aromatic N) is 2. The second-order valence-corrected chi connectivity index (χ2v) is 6.60. The third-order valence-electron chi connectivity index (χ3n) is 4.69. The summed E-state index contributed by atoms with van der Waals surface area (Å²) in [6.45, 7) is 3.06. The molecule has 128 valence electrons. The first-order valence-electron chi connectivity index (χ1n) is 8.48. The lowest BCUT2D eigenvalue weighted by Gasteiger charge is -2.33. The van der Waals surface area contributed by atoms with Crippen molar-refractivity contribution < 1.29 is 14.4 Å². The van der Waals surface area contributed by atoms with E-state index in [1.807, 2.05) is 42.2 Å². The first kappa shape index (κ1) is 16.5. The molecule has 1 aromatic carbocycles. The summed E-state index contributed by atoms with van der Waals surface area (Å²) in [5.41, 5.74) is 1.09. The molecule has 0 spiro atoms. The van der Waals surface area contributed by atoms with Gasteiger partial charge in [-0.1, -0.05) is 30.3 Å². The highest BCUT2D eigenvalue weighted by Crippen LogP contribution is 2.33. The van der Waals surface area contributed by atoms with Gasteiger partial charge >= 0.3 is 6.03 Å². The van der Waals surface area contributed by atoms with Gasteiger partial charge < -0.3 is 9.80 Å². The number of imide groups is 1. The Morgan fingerprint density at radius 2 is 2.00 bits per heavy atom. The summed E-state index contributed by atoms with van der Waals surface area (Å²) in [6, 6.07) is 9.42. The van der Waals surface area contributed by atoms with E-state index in [-0.39, 0.29) is 30.8 Å². The van der Waals surface area contributed by atoms with Crippen LogP contribution in [0.5, 0.6) is 0 Å². The van der Waals surface area contributed by atoms with E-state index in [4.69, 9.17) is 0 Å². The van der Waals surface area contributed by atoms with Crippen molar-refractivity contribution in [2.75, 3.05) is 19.6 Å². The molecule has 1 atom stereocenters. The highest BCUT2D eigenvalue weighted by Gasteiger charge is 2.32. The van der Waals surface area contributed by atoms with Gasteiger partial charge in [-0.15, -0.1) is 0 Å². The number of benzene rings is 1. The van der Waals surface area contributed by atoms with Crippen LogP contribution in [0.2, 0.25) is 0 Å². The van der Waals surface area contributed by atoms with E-state index in [1.54, 1.807) is 0 Å². The molecule has 6 nitrogen and oxygen atoms in total. The molecule has 1 aliphatic carbocycles. The van der Waals surface area contributed by atoms with Crippen molar-refractivity contribution in [2.45, 2.75) is 32.2 Å². The number of rotatable bonds is 6. The molecule has 2 fully saturated rings. The Morgan fingerprint density at radius 1 is 1.29 bits per heavy atom. The molecule has 1 aromatic rings. The number of amides is 4. The monoisotopic (exact) mass is 329 g/mol. The van der Waals surface area contributed by atoms with Gasteiger partial charge in [-0.3, -0.25) is 14.9 Å². The van der Waals surface area contributed by atoms with Gasteiger partial charge in [0.25, 0.3) is 0 Å². The van der Waals surface area contributed by atoms with Crippen LogP contribution in [0.1, 0.15) is 37.8 Å². The summed E-state index contributed by atoms with van der Waals surface area (Å²) < 4.78 is 0. The lowest BCUT2D eigenvalue weighted by atomic mass is 10.1. The van der Waals surface area contributed by atoms with Crippen LogP contribution in [0.3, 0.4) is 0 Å². The molecule has 3 rings (SSSR count). The Bertz CT molecular complexity index is 628. The highest BCUT2D eigenvalue weighted by molar-refractivity contribution is 5.98. The largest absolute Gasteiger partial charge is 0.334 e. The lowest BCUT2D eigenvalue weighted by Crippen LogP contribution is -2.53. The fourth-order valence-electron chi connectivity index (χ4n) is 2.97. The van der Waals surface area contributed by atoms with Gasteiger partial charge in [-0.25, -0.2) is 4.79 Å². The highest BCUT2D eigenvalue weighted by atomic mass is 16.2. The molecule has 2 aliphatic rings. The Labute approximate surface area is 141 Å². The topological polar surface area (TPSA) is 69.7 Å². The van der Waals surface area contributed by atoms with E-state index in [0.717, 1.165) is 24.9 Å². The fourth-order valence-corrected chi connectivity index (χ4v) is 2.97. The molecular formula is C18H23N3O3. The van der Waals surface area contributed by atoms with Crippen LogP contribution < -0.4 is 5.32 Å². The van der Waals surface area contributed by atoms with Gasteiger partial charge in [-0.05, 0) is 31.2 Å².